The highest BCUT2D eigenvalue weighted by molar-refractivity contribution is 9.10. The lowest BCUT2D eigenvalue weighted by atomic mass is 10.1. The normalized spacial score (nSPS) is 12.8. The highest BCUT2D eigenvalue weighted by atomic mass is 79.9. The zero-order valence-corrected chi connectivity index (χ0v) is 14.9. The Balaban J connectivity index is 2.41. The minimum atomic E-state index is -0.0834. The third-order valence-electron chi connectivity index (χ3n) is 2.90. The molecular formula is C12H14BrCl2N3OS. The second-order valence-corrected chi connectivity index (χ2v) is 7.23. The Labute approximate surface area is 140 Å². The van der Waals surface area contributed by atoms with E-state index in [4.69, 9.17) is 27.9 Å². The minimum absolute atomic E-state index is 0.0834. The number of rotatable bonds is 6. The highest BCUT2D eigenvalue weighted by Crippen LogP contribution is 2.39. The molecule has 20 heavy (non-hydrogen) atoms. The van der Waals surface area contributed by atoms with E-state index in [2.05, 4.69) is 26.3 Å². The van der Waals surface area contributed by atoms with E-state index >= 15 is 0 Å². The lowest BCUT2D eigenvalue weighted by Gasteiger charge is -2.18. The SMILES string of the molecule is CNC(c1cc(Cl)sc1Cl)c1c(Br)cnn1CCOC. The summed E-state index contributed by atoms with van der Waals surface area (Å²) in [4.78, 5) is 0. The fourth-order valence-corrected chi connectivity index (χ4v) is 4.06. The predicted molar refractivity (Wildman–Crippen MR) is 87.0 cm³/mol. The van der Waals surface area contributed by atoms with Crippen LogP contribution in [0.4, 0.5) is 0 Å². The maximum Gasteiger partial charge on any atom is 0.0996 e. The topological polar surface area (TPSA) is 39.1 Å². The molecule has 1 N–H and O–H groups in total. The number of thiophene rings is 1. The van der Waals surface area contributed by atoms with Crippen LogP contribution < -0.4 is 5.32 Å². The molecular weight excluding hydrogens is 385 g/mol. The predicted octanol–water partition coefficient (Wildman–Crippen LogP) is 3.97. The van der Waals surface area contributed by atoms with Crippen molar-refractivity contribution >= 4 is 50.5 Å². The minimum Gasteiger partial charge on any atom is -0.383 e. The Morgan fingerprint density at radius 1 is 1.55 bits per heavy atom. The van der Waals surface area contributed by atoms with Crippen LogP contribution in [-0.2, 0) is 11.3 Å². The van der Waals surface area contributed by atoms with Crippen LogP contribution in [0.25, 0.3) is 0 Å². The van der Waals surface area contributed by atoms with Crippen molar-refractivity contribution in [1.82, 2.24) is 15.1 Å². The Bertz CT molecular complexity index is 587. The van der Waals surface area contributed by atoms with E-state index in [0.717, 1.165) is 15.7 Å². The second-order valence-electron chi connectivity index (χ2n) is 4.09. The van der Waals surface area contributed by atoms with Crippen molar-refractivity contribution in [3.8, 4) is 0 Å². The van der Waals surface area contributed by atoms with E-state index in [-0.39, 0.29) is 6.04 Å². The van der Waals surface area contributed by atoms with Crippen molar-refractivity contribution in [2.45, 2.75) is 12.6 Å². The second kappa shape index (κ2) is 7.24. The lowest BCUT2D eigenvalue weighted by Crippen LogP contribution is -2.22. The average molecular weight is 399 g/mol. The van der Waals surface area contributed by atoms with Crippen LogP contribution in [0, 0.1) is 0 Å². The van der Waals surface area contributed by atoms with Crippen LogP contribution in [0.2, 0.25) is 8.67 Å². The van der Waals surface area contributed by atoms with Gasteiger partial charge in [-0.2, -0.15) is 5.10 Å². The number of hydrogen-bond acceptors (Lipinski definition) is 4. The van der Waals surface area contributed by atoms with Crippen LogP contribution >= 0.6 is 50.5 Å². The zero-order chi connectivity index (χ0) is 14.7. The van der Waals surface area contributed by atoms with Crippen molar-refractivity contribution in [1.29, 1.82) is 0 Å². The van der Waals surface area contributed by atoms with Gasteiger partial charge in [-0.05, 0) is 29.0 Å². The number of methoxy groups -OCH3 is 1. The number of halogens is 3. The van der Waals surface area contributed by atoms with Crippen molar-refractivity contribution in [3.05, 3.63) is 36.7 Å². The molecule has 0 radical (unpaired) electrons. The van der Waals surface area contributed by atoms with Crippen LogP contribution in [0.1, 0.15) is 17.3 Å². The van der Waals surface area contributed by atoms with Crippen LogP contribution in [0.3, 0.4) is 0 Å². The fourth-order valence-electron chi connectivity index (χ4n) is 2.00. The van der Waals surface area contributed by atoms with Gasteiger partial charge in [0.05, 0.1) is 44.2 Å². The van der Waals surface area contributed by atoms with Gasteiger partial charge in [0.15, 0.2) is 0 Å². The van der Waals surface area contributed by atoms with Gasteiger partial charge in [0.25, 0.3) is 0 Å². The van der Waals surface area contributed by atoms with Crippen LogP contribution in [0.15, 0.2) is 16.7 Å². The van der Waals surface area contributed by atoms with Gasteiger partial charge in [0, 0.05) is 12.7 Å². The largest absolute Gasteiger partial charge is 0.383 e. The molecule has 1 atom stereocenters. The molecule has 0 amide bonds. The lowest BCUT2D eigenvalue weighted by molar-refractivity contribution is 0.182. The smallest absolute Gasteiger partial charge is 0.0996 e. The molecule has 2 aromatic rings. The monoisotopic (exact) mass is 397 g/mol. The molecule has 0 saturated heterocycles. The summed E-state index contributed by atoms with van der Waals surface area (Å²) in [6.45, 7) is 1.26. The molecule has 8 heteroatoms. The van der Waals surface area contributed by atoms with Gasteiger partial charge in [0.2, 0.25) is 0 Å². The molecule has 0 aromatic carbocycles. The number of aromatic nitrogens is 2. The van der Waals surface area contributed by atoms with Gasteiger partial charge in [0.1, 0.15) is 0 Å². The van der Waals surface area contributed by atoms with E-state index < -0.39 is 0 Å². The first-order valence-corrected chi connectivity index (χ1v) is 8.27. The molecule has 0 aliphatic heterocycles. The molecule has 0 bridgehead atoms. The molecule has 0 spiro atoms. The molecule has 2 heterocycles. The molecule has 2 rings (SSSR count). The van der Waals surface area contributed by atoms with E-state index in [1.165, 1.54) is 11.3 Å². The molecule has 0 aliphatic carbocycles. The first-order chi connectivity index (χ1) is 9.58. The summed E-state index contributed by atoms with van der Waals surface area (Å²) < 4.78 is 9.29. The molecule has 0 aliphatic rings. The van der Waals surface area contributed by atoms with Crippen molar-refractivity contribution in [2.24, 2.45) is 0 Å². The van der Waals surface area contributed by atoms with Crippen molar-refractivity contribution in [2.75, 3.05) is 20.8 Å². The average Bonchev–Trinajstić information content (AvgIpc) is 2.93. The number of ether oxygens (including phenoxy) is 1. The summed E-state index contributed by atoms with van der Waals surface area (Å²) in [6, 6.07) is 1.80. The third-order valence-corrected chi connectivity index (χ3v) is 5.03. The molecule has 4 nitrogen and oxygen atoms in total. The Morgan fingerprint density at radius 3 is 2.85 bits per heavy atom. The molecule has 0 fully saturated rings. The Kier molecular flexibility index (Phi) is 5.89. The van der Waals surface area contributed by atoms with E-state index in [1.54, 1.807) is 13.3 Å². The zero-order valence-electron chi connectivity index (χ0n) is 11.0. The van der Waals surface area contributed by atoms with Gasteiger partial charge in [-0.3, -0.25) is 4.68 Å². The van der Waals surface area contributed by atoms with Gasteiger partial charge >= 0.3 is 0 Å². The summed E-state index contributed by atoms with van der Waals surface area (Å²) >= 11 is 17.2. The Morgan fingerprint density at radius 2 is 2.30 bits per heavy atom. The Hall–Kier alpha value is -0.110. The van der Waals surface area contributed by atoms with E-state index in [1.807, 2.05) is 17.8 Å². The molecule has 0 saturated carbocycles. The third kappa shape index (κ3) is 3.37. The molecule has 110 valence electrons. The van der Waals surface area contributed by atoms with Gasteiger partial charge in [-0.1, -0.05) is 23.2 Å². The van der Waals surface area contributed by atoms with Crippen molar-refractivity contribution in [3.63, 3.8) is 0 Å². The van der Waals surface area contributed by atoms with Crippen molar-refractivity contribution < 1.29 is 4.74 Å². The summed E-state index contributed by atoms with van der Waals surface area (Å²) in [7, 11) is 3.55. The highest BCUT2D eigenvalue weighted by Gasteiger charge is 2.24. The van der Waals surface area contributed by atoms with E-state index in [9.17, 15) is 0 Å². The summed E-state index contributed by atoms with van der Waals surface area (Å²) in [6.07, 6.45) is 1.78. The number of nitrogens with zero attached hydrogens (tertiary/aromatic N) is 2. The summed E-state index contributed by atoms with van der Waals surface area (Å²) in [5, 5.41) is 7.63. The number of nitrogens with one attached hydrogen (secondary N) is 1. The fraction of sp³-hybridized carbons (Fsp3) is 0.417. The quantitative estimate of drug-likeness (QED) is 0.799. The van der Waals surface area contributed by atoms with Gasteiger partial charge in [-0.15, -0.1) is 11.3 Å². The van der Waals surface area contributed by atoms with Crippen LogP contribution in [0.5, 0.6) is 0 Å². The first kappa shape index (κ1) is 16.3. The van der Waals surface area contributed by atoms with E-state index in [0.29, 0.717) is 21.8 Å². The standard InChI is InChI=1S/C12H14BrCl2N3OS/c1-16-10(7-5-9(14)20-12(7)15)11-8(13)6-17-18(11)3-4-19-2/h5-6,10,16H,3-4H2,1-2H3. The molecule has 2 aromatic heterocycles. The summed E-state index contributed by atoms with van der Waals surface area (Å²) in [5.74, 6) is 0. The number of hydrogen-bond donors (Lipinski definition) is 1. The first-order valence-electron chi connectivity index (χ1n) is 5.90. The van der Waals surface area contributed by atoms with Crippen LogP contribution in [-0.4, -0.2) is 30.5 Å². The van der Waals surface area contributed by atoms with Gasteiger partial charge < -0.3 is 10.1 Å². The molecule has 1 unspecified atom stereocenters. The maximum atomic E-state index is 6.27. The maximum absolute atomic E-state index is 6.27. The van der Waals surface area contributed by atoms with Gasteiger partial charge in [-0.25, -0.2) is 0 Å². The summed E-state index contributed by atoms with van der Waals surface area (Å²) in [5.41, 5.74) is 1.95.